The van der Waals surface area contributed by atoms with Crippen molar-refractivity contribution in [1.29, 1.82) is 0 Å². The van der Waals surface area contributed by atoms with Gasteiger partial charge in [0.2, 0.25) is 17.7 Å². The predicted octanol–water partition coefficient (Wildman–Crippen LogP) is 1.94. The van der Waals surface area contributed by atoms with Gasteiger partial charge < -0.3 is 25.2 Å². The number of hydrogen-bond donors (Lipinski definition) is 2. The topological polar surface area (TPSA) is 108 Å². The maximum atomic E-state index is 13.7. The van der Waals surface area contributed by atoms with Gasteiger partial charge in [-0.25, -0.2) is 0 Å². The van der Waals surface area contributed by atoms with Crippen molar-refractivity contribution in [3.8, 4) is 5.75 Å². The molecule has 1 fully saturated rings. The molecule has 0 aliphatic carbocycles. The zero-order valence-electron chi connectivity index (χ0n) is 22.9. The van der Waals surface area contributed by atoms with Crippen molar-refractivity contribution in [2.75, 3.05) is 47.4 Å². The predicted molar refractivity (Wildman–Crippen MR) is 146 cm³/mol. The van der Waals surface area contributed by atoms with Crippen molar-refractivity contribution < 1.29 is 23.9 Å². The third kappa shape index (κ3) is 10.0. The highest BCUT2D eigenvalue weighted by Crippen LogP contribution is 2.30. The minimum Gasteiger partial charge on any atom is -0.497 e. The number of benzene rings is 1. The van der Waals surface area contributed by atoms with Crippen molar-refractivity contribution in [2.45, 2.75) is 51.3 Å². The number of methoxy groups -OCH3 is 1. The van der Waals surface area contributed by atoms with Crippen molar-refractivity contribution in [3.63, 3.8) is 0 Å². The number of hydrogen-bond acceptors (Lipinski definition) is 7. The molecule has 0 bridgehead atoms. The number of carbonyl (C=O) groups is 4. The van der Waals surface area contributed by atoms with Gasteiger partial charge in [0.05, 0.1) is 13.0 Å². The van der Waals surface area contributed by atoms with Gasteiger partial charge in [-0.2, -0.15) is 0 Å². The summed E-state index contributed by atoms with van der Waals surface area (Å²) in [6, 6.07) is 6.54. The molecular weight excluding hydrogens is 492 g/mol. The fourth-order valence-electron chi connectivity index (χ4n) is 4.43. The Morgan fingerprint density at radius 3 is 2.16 bits per heavy atom. The first-order valence-corrected chi connectivity index (χ1v) is 13.7. The zero-order valence-corrected chi connectivity index (χ0v) is 23.7. The molecule has 1 saturated heterocycles. The van der Waals surface area contributed by atoms with Crippen LogP contribution in [0.15, 0.2) is 24.3 Å². The van der Waals surface area contributed by atoms with Crippen LogP contribution in [-0.4, -0.2) is 91.3 Å². The molecule has 0 spiro atoms. The van der Waals surface area contributed by atoms with E-state index in [-0.39, 0.29) is 35.2 Å². The molecule has 2 rings (SSSR count). The lowest BCUT2D eigenvalue weighted by molar-refractivity contribution is -0.134. The van der Waals surface area contributed by atoms with E-state index >= 15 is 0 Å². The molecule has 0 aromatic heterocycles. The summed E-state index contributed by atoms with van der Waals surface area (Å²) in [5.74, 6) is -0.416. The number of likely N-dealkylation sites (N-methyl/N-ethyl adjacent to an activating group) is 2. The summed E-state index contributed by atoms with van der Waals surface area (Å²) in [7, 11) is 5.14. The average molecular weight is 535 g/mol. The second kappa shape index (κ2) is 15.0. The van der Waals surface area contributed by atoms with Crippen molar-refractivity contribution in [2.24, 2.45) is 11.8 Å². The van der Waals surface area contributed by atoms with Gasteiger partial charge in [-0.3, -0.25) is 19.2 Å². The molecule has 1 aliphatic rings. The van der Waals surface area contributed by atoms with E-state index in [9.17, 15) is 19.2 Å². The van der Waals surface area contributed by atoms with Crippen LogP contribution in [0.4, 0.5) is 0 Å². The van der Waals surface area contributed by atoms with E-state index in [1.807, 2.05) is 50.1 Å². The van der Waals surface area contributed by atoms with Gasteiger partial charge in [-0.15, -0.1) is 0 Å². The number of piperazine rings is 1. The van der Waals surface area contributed by atoms with Crippen LogP contribution >= 0.6 is 11.8 Å². The number of amides is 3. The van der Waals surface area contributed by atoms with Crippen LogP contribution in [0.1, 0.15) is 39.2 Å². The SMILES string of the molecule is CNC(=O)[C@H](Cc1ccc(OC)cc1)NC(=O)C(CC(C)C)C(CC(=O)N1CCN(C)CC1)SC(C)=O. The Balaban J connectivity index is 2.23. The maximum absolute atomic E-state index is 13.7. The Bertz CT molecular complexity index is 916. The Kier molecular flexibility index (Phi) is 12.4. The Hall–Kier alpha value is -2.59. The van der Waals surface area contributed by atoms with Gasteiger partial charge in [-0.05, 0) is 37.1 Å². The molecule has 1 aromatic rings. The number of rotatable bonds is 12. The third-order valence-corrected chi connectivity index (χ3v) is 7.67. The molecule has 3 amide bonds. The van der Waals surface area contributed by atoms with Crippen LogP contribution in [0, 0.1) is 11.8 Å². The van der Waals surface area contributed by atoms with Gasteiger partial charge in [0, 0.05) is 58.2 Å². The summed E-state index contributed by atoms with van der Waals surface area (Å²) in [5, 5.41) is 4.90. The second-order valence-electron chi connectivity index (χ2n) is 10.00. The first kappa shape index (κ1) is 30.6. The van der Waals surface area contributed by atoms with E-state index < -0.39 is 17.2 Å². The normalized spacial score (nSPS) is 16.6. The number of ether oxygens (including phenoxy) is 1. The quantitative estimate of drug-likeness (QED) is 0.422. The lowest BCUT2D eigenvalue weighted by Crippen LogP contribution is -2.51. The Labute approximate surface area is 225 Å². The molecule has 0 radical (unpaired) electrons. The second-order valence-corrected chi connectivity index (χ2v) is 11.4. The highest BCUT2D eigenvalue weighted by atomic mass is 32.2. The summed E-state index contributed by atoms with van der Waals surface area (Å²) < 4.78 is 5.20. The smallest absolute Gasteiger partial charge is 0.242 e. The molecule has 206 valence electrons. The molecule has 0 saturated carbocycles. The molecule has 3 atom stereocenters. The van der Waals surface area contributed by atoms with E-state index in [0.29, 0.717) is 31.7 Å². The van der Waals surface area contributed by atoms with E-state index in [1.54, 1.807) is 7.11 Å². The van der Waals surface area contributed by atoms with Gasteiger partial charge in [0.1, 0.15) is 11.8 Å². The summed E-state index contributed by atoms with van der Waals surface area (Å²) >= 11 is 1.05. The molecule has 10 heteroatoms. The van der Waals surface area contributed by atoms with Gasteiger partial charge in [0.15, 0.2) is 5.12 Å². The zero-order chi connectivity index (χ0) is 27.5. The highest BCUT2D eigenvalue weighted by Gasteiger charge is 2.35. The van der Waals surface area contributed by atoms with Crippen LogP contribution in [0.3, 0.4) is 0 Å². The standard InChI is InChI=1S/C27H42N4O5S/c1-18(2)15-22(24(37-19(3)32)17-25(33)31-13-11-30(5)12-14-31)26(34)29-23(27(35)28-4)16-20-7-9-21(36-6)10-8-20/h7-10,18,22-24H,11-17H2,1-6H3,(H,28,35)(H,29,34)/t22?,23-,24?/m0/s1. The fraction of sp³-hybridized carbons (Fsp3) is 0.630. The van der Waals surface area contributed by atoms with Gasteiger partial charge >= 0.3 is 0 Å². The van der Waals surface area contributed by atoms with Crippen LogP contribution in [0.25, 0.3) is 0 Å². The molecule has 2 N–H and O–H groups in total. The molecule has 37 heavy (non-hydrogen) atoms. The van der Waals surface area contributed by atoms with Gasteiger partial charge in [0.25, 0.3) is 0 Å². The van der Waals surface area contributed by atoms with Gasteiger partial charge in [-0.1, -0.05) is 37.7 Å². The first-order chi connectivity index (χ1) is 17.5. The van der Waals surface area contributed by atoms with Crippen LogP contribution in [0.2, 0.25) is 0 Å². The number of thioether (sulfide) groups is 1. The summed E-state index contributed by atoms with van der Waals surface area (Å²) in [4.78, 5) is 55.7. The van der Waals surface area contributed by atoms with E-state index in [0.717, 1.165) is 30.4 Å². The summed E-state index contributed by atoms with van der Waals surface area (Å²) in [5.41, 5.74) is 0.870. The van der Waals surface area contributed by atoms with Crippen LogP contribution in [-0.2, 0) is 25.6 Å². The monoisotopic (exact) mass is 534 g/mol. The number of nitrogens with one attached hydrogen (secondary N) is 2. The Morgan fingerprint density at radius 2 is 1.65 bits per heavy atom. The van der Waals surface area contributed by atoms with E-state index in [1.165, 1.54) is 14.0 Å². The van der Waals surface area contributed by atoms with E-state index in [4.69, 9.17) is 4.74 Å². The molecule has 1 aliphatic heterocycles. The molecule has 2 unspecified atom stereocenters. The Morgan fingerprint density at radius 1 is 1.03 bits per heavy atom. The summed E-state index contributed by atoms with van der Waals surface area (Å²) in [6.07, 6.45) is 0.895. The van der Waals surface area contributed by atoms with Crippen molar-refractivity contribution >= 4 is 34.6 Å². The van der Waals surface area contributed by atoms with Crippen LogP contribution < -0.4 is 15.4 Å². The highest BCUT2D eigenvalue weighted by molar-refractivity contribution is 8.14. The molecule has 1 aromatic carbocycles. The fourth-order valence-corrected chi connectivity index (χ4v) is 5.48. The minimum atomic E-state index is -0.795. The first-order valence-electron chi connectivity index (χ1n) is 12.8. The van der Waals surface area contributed by atoms with E-state index in [2.05, 4.69) is 15.5 Å². The lowest BCUT2D eigenvalue weighted by Gasteiger charge is -2.34. The lowest BCUT2D eigenvalue weighted by atomic mass is 9.90. The van der Waals surface area contributed by atoms with Crippen molar-refractivity contribution in [3.05, 3.63) is 29.8 Å². The average Bonchev–Trinajstić information content (AvgIpc) is 2.86. The molecule has 1 heterocycles. The minimum absolute atomic E-state index is 0.0468. The summed E-state index contributed by atoms with van der Waals surface area (Å²) in [6.45, 7) is 8.33. The third-order valence-electron chi connectivity index (χ3n) is 6.54. The number of nitrogens with zero attached hydrogens (tertiary/aromatic N) is 2. The number of carbonyl (C=O) groups excluding carboxylic acids is 4. The maximum Gasteiger partial charge on any atom is 0.242 e. The molecule has 9 nitrogen and oxygen atoms in total. The van der Waals surface area contributed by atoms with Crippen molar-refractivity contribution in [1.82, 2.24) is 20.4 Å². The molecular formula is C27H42N4O5S. The van der Waals surface area contributed by atoms with Crippen LogP contribution in [0.5, 0.6) is 5.75 Å². The largest absolute Gasteiger partial charge is 0.497 e.